The summed E-state index contributed by atoms with van der Waals surface area (Å²) < 4.78 is 0. The van der Waals surface area contributed by atoms with Crippen LogP contribution in [0, 0.1) is 0 Å². The lowest BCUT2D eigenvalue weighted by Gasteiger charge is -2.34. The zero-order valence-electron chi connectivity index (χ0n) is 13.4. The molecule has 114 valence electrons. The fourth-order valence-electron chi connectivity index (χ4n) is 3.23. The van der Waals surface area contributed by atoms with Crippen LogP contribution in [-0.2, 0) is 0 Å². The molecular formula is C15H33N3O. The van der Waals surface area contributed by atoms with Crippen LogP contribution < -0.4 is 5.32 Å². The van der Waals surface area contributed by atoms with Gasteiger partial charge in [-0.1, -0.05) is 13.8 Å². The predicted octanol–water partition coefficient (Wildman–Crippen LogP) is 1.15. The monoisotopic (exact) mass is 271 g/mol. The SMILES string of the molecule is CCN(CC)C1CCN(C(C)CC(C)(CO)NC)C1. The highest BCUT2D eigenvalue weighted by molar-refractivity contribution is 4.90. The van der Waals surface area contributed by atoms with E-state index in [1.807, 2.05) is 7.05 Å². The summed E-state index contributed by atoms with van der Waals surface area (Å²) in [6.45, 7) is 13.7. The van der Waals surface area contributed by atoms with Crippen LogP contribution in [0.5, 0.6) is 0 Å². The maximum atomic E-state index is 9.50. The van der Waals surface area contributed by atoms with E-state index >= 15 is 0 Å². The van der Waals surface area contributed by atoms with Gasteiger partial charge in [0.15, 0.2) is 0 Å². The first-order valence-corrected chi connectivity index (χ1v) is 7.77. The van der Waals surface area contributed by atoms with Crippen molar-refractivity contribution in [3.8, 4) is 0 Å². The van der Waals surface area contributed by atoms with Crippen molar-refractivity contribution >= 4 is 0 Å². The van der Waals surface area contributed by atoms with Crippen molar-refractivity contribution in [3.63, 3.8) is 0 Å². The van der Waals surface area contributed by atoms with E-state index < -0.39 is 0 Å². The van der Waals surface area contributed by atoms with Crippen LogP contribution in [0.15, 0.2) is 0 Å². The molecule has 0 amide bonds. The Balaban J connectivity index is 2.50. The van der Waals surface area contributed by atoms with E-state index in [9.17, 15) is 5.11 Å². The van der Waals surface area contributed by atoms with Crippen LogP contribution in [0.25, 0.3) is 0 Å². The fraction of sp³-hybridized carbons (Fsp3) is 1.00. The first kappa shape index (κ1) is 16.9. The molecule has 4 nitrogen and oxygen atoms in total. The highest BCUT2D eigenvalue weighted by Gasteiger charge is 2.32. The van der Waals surface area contributed by atoms with Gasteiger partial charge in [0.2, 0.25) is 0 Å². The van der Waals surface area contributed by atoms with Crippen molar-refractivity contribution in [1.82, 2.24) is 15.1 Å². The Labute approximate surface area is 119 Å². The molecule has 1 rings (SSSR count). The van der Waals surface area contributed by atoms with Crippen molar-refractivity contribution in [1.29, 1.82) is 0 Å². The molecule has 1 aliphatic rings. The molecule has 0 spiro atoms. The molecule has 3 unspecified atom stereocenters. The van der Waals surface area contributed by atoms with E-state index in [0.717, 1.165) is 19.5 Å². The highest BCUT2D eigenvalue weighted by atomic mass is 16.3. The van der Waals surface area contributed by atoms with Crippen LogP contribution >= 0.6 is 0 Å². The summed E-state index contributed by atoms with van der Waals surface area (Å²) in [6, 6.07) is 1.23. The smallest absolute Gasteiger partial charge is 0.0611 e. The summed E-state index contributed by atoms with van der Waals surface area (Å²) in [5, 5.41) is 12.8. The third-order valence-corrected chi connectivity index (χ3v) is 4.85. The molecule has 1 heterocycles. The van der Waals surface area contributed by atoms with Crippen molar-refractivity contribution in [2.24, 2.45) is 0 Å². The lowest BCUT2D eigenvalue weighted by atomic mass is 9.94. The number of rotatable bonds is 8. The summed E-state index contributed by atoms with van der Waals surface area (Å²) in [5.41, 5.74) is -0.160. The van der Waals surface area contributed by atoms with Crippen molar-refractivity contribution in [3.05, 3.63) is 0 Å². The number of nitrogens with one attached hydrogen (secondary N) is 1. The number of likely N-dealkylation sites (tertiary alicyclic amines) is 1. The minimum Gasteiger partial charge on any atom is -0.394 e. The summed E-state index contributed by atoms with van der Waals surface area (Å²) in [5.74, 6) is 0. The lowest BCUT2D eigenvalue weighted by molar-refractivity contribution is 0.125. The number of nitrogens with zero attached hydrogens (tertiary/aromatic N) is 2. The second kappa shape index (κ2) is 7.58. The number of hydrogen-bond donors (Lipinski definition) is 2. The van der Waals surface area contributed by atoms with Gasteiger partial charge in [-0.15, -0.1) is 0 Å². The third-order valence-electron chi connectivity index (χ3n) is 4.85. The van der Waals surface area contributed by atoms with E-state index in [1.165, 1.54) is 19.5 Å². The van der Waals surface area contributed by atoms with E-state index in [-0.39, 0.29) is 12.1 Å². The zero-order chi connectivity index (χ0) is 14.5. The fourth-order valence-corrected chi connectivity index (χ4v) is 3.23. The molecule has 0 aromatic rings. The van der Waals surface area contributed by atoms with Crippen LogP contribution in [0.3, 0.4) is 0 Å². The average molecular weight is 271 g/mol. The average Bonchev–Trinajstić information content (AvgIpc) is 2.90. The van der Waals surface area contributed by atoms with Crippen molar-refractivity contribution in [2.75, 3.05) is 39.8 Å². The first-order valence-electron chi connectivity index (χ1n) is 7.77. The van der Waals surface area contributed by atoms with Crippen LogP contribution in [-0.4, -0.2) is 72.4 Å². The summed E-state index contributed by atoms with van der Waals surface area (Å²) in [4.78, 5) is 5.14. The van der Waals surface area contributed by atoms with E-state index in [2.05, 4.69) is 42.8 Å². The summed E-state index contributed by atoms with van der Waals surface area (Å²) >= 11 is 0. The van der Waals surface area contributed by atoms with Gasteiger partial charge >= 0.3 is 0 Å². The highest BCUT2D eigenvalue weighted by Crippen LogP contribution is 2.22. The van der Waals surface area contributed by atoms with Crippen LogP contribution in [0.4, 0.5) is 0 Å². The summed E-state index contributed by atoms with van der Waals surface area (Å²) in [6.07, 6.45) is 2.27. The van der Waals surface area contributed by atoms with Crippen molar-refractivity contribution < 1.29 is 5.11 Å². The Morgan fingerprint density at radius 1 is 1.42 bits per heavy atom. The molecule has 0 saturated carbocycles. The maximum Gasteiger partial charge on any atom is 0.0611 e. The Morgan fingerprint density at radius 3 is 2.53 bits per heavy atom. The molecule has 1 fully saturated rings. The van der Waals surface area contributed by atoms with Crippen LogP contribution in [0.2, 0.25) is 0 Å². The van der Waals surface area contributed by atoms with Gasteiger partial charge in [0.1, 0.15) is 0 Å². The van der Waals surface area contributed by atoms with Gasteiger partial charge in [0, 0.05) is 30.7 Å². The van der Waals surface area contributed by atoms with Gasteiger partial charge in [0.05, 0.1) is 6.61 Å². The minimum atomic E-state index is -0.160. The Bertz CT molecular complexity index is 252. The number of aliphatic hydroxyl groups is 1. The van der Waals surface area contributed by atoms with Crippen molar-refractivity contribution in [2.45, 2.75) is 58.2 Å². The largest absolute Gasteiger partial charge is 0.394 e. The molecule has 2 N–H and O–H groups in total. The van der Waals surface area contributed by atoms with Gasteiger partial charge in [0.25, 0.3) is 0 Å². The van der Waals surface area contributed by atoms with E-state index in [1.54, 1.807) is 0 Å². The van der Waals surface area contributed by atoms with Gasteiger partial charge in [-0.05, 0) is 46.8 Å². The predicted molar refractivity (Wildman–Crippen MR) is 81.5 cm³/mol. The maximum absolute atomic E-state index is 9.50. The molecule has 0 aromatic carbocycles. The molecule has 0 aliphatic carbocycles. The second-order valence-corrected chi connectivity index (χ2v) is 6.18. The third kappa shape index (κ3) is 4.42. The van der Waals surface area contributed by atoms with Gasteiger partial charge in [-0.2, -0.15) is 0 Å². The summed E-state index contributed by atoms with van der Waals surface area (Å²) in [7, 11) is 1.94. The molecule has 1 saturated heterocycles. The van der Waals surface area contributed by atoms with Gasteiger partial charge < -0.3 is 10.4 Å². The molecule has 4 heteroatoms. The Morgan fingerprint density at radius 2 is 2.05 bits per heavy atom. The lowest BCUT2D eigenvalue weighted by Crippen LogP contribution is -2.49. The zero-order valence-corrected chi connectivity index (χ0v) is 13.4. The van der Waals surface area contributed by atoms with Gasteiger partial charge in [-0.3, -0.25) is 9.80 Å². The molecule has 1 aliphatic heterocycles. The van der Waals surface area contributed by atoms with Crippen LogP contribution in [0.1, 0.15) is 40.5 Å². The molecule has 0 aromatic heterocycles. The number of aliphatic hydroxyl groups excluding tert-OH is 1. The van der Waals surface area contributed by atoms with E-state index in [4.69, 9.17) is 0 Å². The standard InChI is InChI=1S/C15H33N3O/c1-6-17(7-2)14-8-9-18(11-14)13(3)10-15(4,12-19)16-5/h13-14,16,19H,6-12H2,1-5H3. The Kier molecular flexibility index (Phi) is 6.74. The molecular weight excluding hydrogens is 238 g/mol. The topological polar surface area (TPSA) is 38.7 Å². The minimum absolute atomic E-state index is 0.160. The normalized spacial score (nSPS) is 25.7. The van der Waals surface area contributed by atoms with E-state index in [0.29, 0.717) is 12.1 Å². The quantitative estimate of drug-likeness (QED) is 0.695. The molecule has 19 heavy (non-hydrogen) atoms. The molecule has 0 radical (unpaired) electrons. The second-order valence-electron chi connectivity index (χ2n) is 6.18. The Hall–Kier alpha value is -0.160. The number of hydrogen-bond acceptors (Lipinski definition) is 4. The molecule has 3 atom stereocenters. The first-order chi connectivity index (χ1) is 8.99. The number of likely N-dealkylation sites (N-methyl/N-ethyl adjacent to an activating group) is 2. The molecule has 0 bridgehead atoms. The van der Waals surface area contributed by atoms with Gasteiger partial charge in [-0.25, -0.2) is 0 Å².